The summed E-state index contributed by atoms with van der Waals surface area (Å²) in [5, 5.41) is 13.6. The Morgan fingerprint density at radius 1 is 1.32 bits per heavy atom. The number of methoxy groups -OCH3 is 1. The van der Waals surface area contributed by atoms with Crippen molar-refractivity contribution in [1.82, 2.24) is 4.98 Å². The third kappa shape index (κ3) is 4.98. The first-order chi connectivity index (χ1) is 11.9. The lowest BCUT2D eigenvalue weighted by atomic mass is 10.2. The second kappa shape index (κ2) is 8.20. The van der Waals surface area contributed by atoms with E-state index in [2.05, 4.69) is 31.0 Å². The van der Waals surface area contributed by atoms with Crippen LogP contribution in [0.15, 0.2) is 41.0 Å². The van der Waals surface area contributed by atoms with Crippen LogP contribution >= 0.6 is 15.9 Å². The van der Waals surface area contributed by atoms with Crippen LogP contribution in [0.1, 0.15) is 10.4 Å². The number of anilines is 1. The number of benzene rings is 1. The third-order valence-corrected chi connectivity index (χ3v) is 3.40. The molecular weight excluding hydrogens is 398 g/mol. The minimum atomic E-state index is -0.714. The first-order valence-electron chi connectivity index (χ1n) is 6.81. The van der Waals surface area contributed by atoms with Crippen LogP contribution in [0.5, 0.6) is 5.75 Å². The molecular formula is C15H12BrN3O6. The number of nitrogens with one attached hydrogen (secondary N) is 1. The van der Waals surface area contributed by atoms with Gasteiger partial charge in [-0.15, -0.1) is 0 Å². The summed E-state index contributed by atoms with van der Waals surface area (Å²) >= 11 is 3.22. The summed E-state index contributed by atoms with van der Waals surface area (Å²) < 4.78 is 10.4. The summed E-state index contributed by atoms with van der Waals surface area (Å²) in [5.74, 6) is -1.08. The summed E-state index contributed by atoms with van der Waals surface area (Å²) in [7, 11) is 1.17. The number of halogens is 1. The van der Waals surface area contributed by atoms with Gasteiger partial charge in [0.2, 0.25) is 0 Å². The molecule has 1 aromatic heterocycles. The van der Waals surface area contributed by atoms with Gasteiger partial charge in [0.05, 0.1) is 17.6 Å². The van der Waals surface area contributed by atoms with E-state index in [1.807, 2.05) is 0 Å². The Morgan fingerprint density at radius 3 is 2.68 bits per heavy atom. The summed E-state index contributed by atoms with van der Waals surface area (Å²) in [6, 6.07) is 6.84. The monoisotopic (exact) mass is 409 g/mol. The van der Waals surface area contributed by atoms with Gasteiger partial charge in [-0.2, -0.15) is 0 Å². The molecule has 1 aromatic carbocycles. The Bertz CT molecular complexity index is 809. The highest BCUT2D eigenvalue weighted by Gasteiger charge is 2.20. The molecule has 1 amide bonds. The molecule has 0 spiro atoms. The van der Waals surface area contributed by atoms with Crippen molar-refractivity contribution in [1.29, 1.82) is 0 Å². The Labute approximate surface area is 150 Å². The van der Waals surface area contributed by atoms with E-state index in [1.165, 1.54) is 25.4 Å². The Hall–Kier alpha value is -3.01. The van der Waals surface area contributed by atoms with Gasteiger partial charge in [-0.1, -0.05) is 0 Å². The third-order valence-electron chi connectivity index (χ3n) is 2.93. The van der Waals surface area contributed by atoms with Crippen LogP contribution in [0.4, 0.5) is 11.5 Å². The number of rotatable bonds is 6. The number of nitro groups is 1. The molecule has 130 valence electrons. The molecule has 0 saturated heterocycles. The average molecular weight is 410 g/mol. The normalized spacial score (nSPS) is 10.0. The standard InChI is InChI=1S/C15H12BrN3O6/c1-24-15(21)9-2-4-12(11(6-9)19(22)23)25-8-14(20)18-13-5-3-10(16)7-17-13/h2-7H,8H2,1H3,(H,17,18,20). The molecule has 0 unspecified atom stereocenters. The highest BCUT2D eigenvalue weighted by atomic mass is 79.9. The van der Waals surface area contributed by atoms with Gasteiger partial charge in [0.1, 0.15) is 5.82 Å². The zero-order valence-electron chi connectivity index (χ0n) is 12.9. The van der Waals surface area contributed by atoms with Gasteiger partial charge < -0.3 is 14.8 Å². The molecule has 10 heteroatoms. The maximum Gasteiger partial charge on any atom is 0.338 e. The van der Waals surface area contributed by atoms with Crippen molar-refractivity contribution in [2.24, 2.45) is 0 Å². The number of hydrogen-bond donors (Lipinski definition) is 1. The van der Waals surface area contributed by atoms with Gasteiger partial charge >= 0.3 is 11.7 Å². The van der Waals surface area contributed by atoms with Crippen LogP contribution < -0.4 is 10.1 Å². The van der Waals surface area contributed by atoms with Gasteiger partial charge in [-0.05, 0) is 40.2 Å². The number of ether oxygens (including phenoxy) is 2. The predicted molar refractivity (Wildman–Crippen MR) is 90.5 cm³/mol. The quantitative estimate of drug-likeness (QED) is 0.441. The SMILES string of the molecule is COC(=O)c1ccc(OCC(=O)Nc2ccc(Br)cn2)c([N+](=O)[O-])c1. The number of carbonyl (C=O) groups is 2. The molecule has 0 aliphatic rings. The van der Waals surface area contributed by atoms with E-state index in [4.69, 9.17) is 4.74 Å². The van der Waals surface area contributed by atoms with Crippen molar-refractivity contribution < 1.29 is 24.0 Å². The Balaban J connectivity index is 2.06. The van der Waals surface area contributed by atoms with Crippen molar-refractivity contribution in [2.45, 2.75) is 0 Å². The molecule has 0 saturated carbocycles. The molecule has 0 atom stereocenters. The first kappa shape index (κ1) is 18.3. The van der Waals surface area contributed by atoms with Gasteiger partial charge in [-0.3, -0.25) is 14.9 Å². The van der Waals surface area contributed by atoms with Crippen LogP contribution in [0, 0.1) is 10.1 Å². The average Bonchev–Trinajstić information content (AvgIpc) is 2.61. The van der Waals surface area contributed by atoms with E-state index in [0.717, 1.165) is 10.5 Å². The Morgan fingerprint density at radius 2 is 2.08 bits per heavy atom. The number of pyridine rings is 1. The molecule has 0 fully saturated rings. The second-order valence-corrected chi connectivity index (χ2v) is 5.55. The molecule has 2 aromatic rings. The molecule has 0 radical (unpaired) electrons. The molecule has 0 aliphatic carbocycles. The number of aromatic nitrogens is 1. The van der Waals surface area contributed by atoms with Crippen LogP contribution in [0.25, 0.3) is 0 Å². The minimum absolute atomic E-state index is 0.00469. The van der Waals surface area contributed by atoms with Crippen LogP contribution in [0.3, 0.4) is 0 Å². The van der Waals surface area contributed by atoms with Gasteiger partial charge in [-0.25, -0.2) is 9.78 Å². The van der Waals surface area contributed by atoms with Crippen molar-refractivity contribution in [3.63, 3.8) is 0 Å². The summed E-state index contributed by atoms with van der Waals surface area (Å²) in [4.78, 5) is 37.6. The van der Waals surface area contributed by atoms with Crippen molar-refractivity contribution in [3.8, 4) is 5.75 Å². The zero-order valence-corrected chi connectivity index (χ0v) is 14.5. The van der Waals surface area contributed by atoms with Crippen LogP contribution in [0.2, 0.25) is 0 Å². The van der Waals surface area contributed by atoms with Gasteiger partial charge in [0, 0.05) is 16.7 Å². The number of carbonyl (C=O) groups excluding carboxylic acids is 2. The number of nitro benzene ring substituents is 1. The fourth-order valence-corrected chi connectivity index (χ4v) is 2.03. The number of amides is 1. The van der Waals surface area contributed by atoms with Crippen LogP contribution in [-0.2, 0) is 9.53 Å². The molecule has 25 heavy (non-hydrogen) atoms. The maximum atomic E-state index is 11.8. The minimum Gasteiger partial charge on any atom is -0.477 e. The molecule has 0 bridgehead atoms. The van der Waals surface area contributed by atoms with Crippen molar-refractivity contribution in [2.75, 3.05) is 19.0 Å². The van der Waals surface area contributed by atoms with E-state index in [-0.39, 0.29) is 11.3 Å². The lowest BCUT2D eigenvalue weighted by molar-refractivity contribution is -0.385. The maximum absolute atomic E-state index is 11.8. The van der Waals surface area contributed by atoms with Crippen molar-refractivity contribution in [3.05, 3.63) is 56.7 Å². The largest absolute Gasteiger partial charge is 0.477 e. The van der Waals surface area contributed by atoms with Crippen molar-refractivity contribution >= 4 is 39.3 Å². The predicted octanol–water partition coefficient (Wildman–Crippen LogP) is 2.56. The molecule has 9 nitrogen and oxygen atoms in total. The van der Waals surface area contributed by atoms with E-state index in [1.54, 1.807) is 12.1 Å². The van der Waals surface area contributed by atoms with E-state index >= 15 is 0 Å². The number of nitrogens with zero attached hydrogens (tertiary/aromatic N) is 2. The van der Waals surface area contributed by atoms with E-state index in [9.17, 15) is 19.7 Å². The van der Waals surface area contributed by atoms with Gasteiger partial charge in [0.25, 0.3) is 5.91 Å². The topological polar surface area (TPSA) is 121 Å². The zero-order chi connectivity index (χ0) is 18.4. The lowest BCUT2D eigenvalue weighted by Crippen LogP contribution is -2.21. The summed E-state index contributed by atoms with van der Waals surface area (Å²) in [6.07, 6.45) is 1.51. The highest BCUT2D eigenvalue weighted by molar-refractivity contribution is 9.10. The Kier molecular flexibility index (Phi) is 6.01. The smallest absolute Gasteiger partial charge is 0.338 e. The molecule has 0 aliphatic heterocycles. The lowest BCUT2D eigenvalue weighted by Gasteiger charge is -2.08. The van der Waals surface area contributed by atoms with E-state index in [0.29, 0.717) is 5.82 Å². The summed E-state index contributed by atoms with van der Waals surface area (Å²) in [6.45, 7) is -0.462. The highest BCUT2D eigenvalue weighted by Crippen LogP contribution is 2.28. The number of hydrogen-bond acceptors (Lipinski definition) is 7. The number of esters is 1. The van der Waals surface area contributed by atoms with Crippen LogP contribution in [-0.4, -0.2) is 35.5 Å². The molecule has 1 heterocycles. The fraction of sp³-hybridized carbons (Fsp3) is 0.133. The first-order valence-corrected chi connectivity index (χ1v) is 7.61. The van der Waals surface area contributed by atoms with E-state index < -0.39 is 29.1 Å². The van der Waals surface area contributed by atoms with Gasteiger partial charge in [0.15, 0.2) is 12.4 Å². The second-order valence-electron chi connectivity index (χ2n) is 4.63. The molecule has 2 rings (SSSR count). The molecule has 1 N–H and O–H groups in total. The fourth-order valence-electron chi connectivity index (χ4n) is 1.80. The summed E-state index contributed by atoms with van der Waals surface area (Å²) in [5.41, 5.74) is -0.442.